The van der Waals surface area contributed by atoms with Gasteiger partial charge in [0.2, 0.25) is 5.91 Å². The molecule has 0 radical (unpaired) electrons. The quantitative estimate of drug-likeness (QED) is 0.798. The van der Waals surface area contributed by atoms with Gasteiger partial charge in [-0.25, -0.2) is 4.39 Å². The summed E-state index contributed by atoms with van der Waals surface area (Å²) in [7, 11) is 0. The van der Waals surface area contributed by atoms with Crippen molar-refractivity contribution in [1.29, 1.82) is 0 Å². The molecule has 1 amide bonds. The van der Waals surface area contributed by atoms with Crippen LogP contribution in [0, 0.1) is 11.2 Å². The maximum Gasteiger partial charge on any atom is 0.225 e. The summed E-state index contributed by atoms with van der Waals surface area (Å²) < 4.78 is 13.0. The number of rotatable bonds is 2. The largest absolute Gasteiger partial charge is 0.369 e. The van der Waals surface area contributed by atoms with Crippen molar-refractivity contribution in [2.24, 2.45) is 11.1 Å². The third-order valence-electron chi connectivity index (χ3n) is 2.33. The highest BCUT2D eigenvalue weighted by atomic mass is 19.1. The Kier molecular flexibility index (Phi) is 3.12. The van der Waals surface area contributed by atoms with Crippen molar-refractivity contribution in [3.05, 3.63) is 35.6 Å². The van der Waals surface area contributed by atoms with E-state index in [0.717, 1.165) is 0 Å². The molecule has 0 bridgehead atoms. The highest BCUT2D eigenvalue weighted by molar-refractivity contribution is 5.82. The number of amides is 1. The van der Waals surface area contributed by atoms with Gasteiger partial charge in [0.25, 0.3) is 0 Å². The molecule has 0 spiro atoms. The molecule has 0 heterocycles. The number of carbonyl (C=O) groups excluding carboxylic acids is 1. The van der Waals surface area contributed by atoms with Gasteiger partial charge in [-0.05, 0) is 23.1 Å². The zero-order valence-electron chi connectivity index (χ0n) is 9.25. The Bertz CT molecular complexity index is 368. The lowest BCUT2D eigenvalue weighted by molar-refractivity contribution is -0.121. The van der Waals surface area contributed by atoms with Crippen LogP contribution in [0.3, 0.4) is 0 Å². The molecule has 15 heavy (non-hydrogen) atoms. The van der Waals surface area contributed by atoms with E-state index in [1.165, 1.54) is 12.1 Å². The second-order valence-electron chi connectivity index (χ2n) is 4.76. The van der Waals surface area contributed by atoms with E-state index >= 15 is 0 Å². The molecule has 1 rings (SSSR count). The van der Waals surface area contributed by atoms with Crippen LogP contribution in [0.5, 0.6) is 0 Å². The first-order valence-electron chi connectivity index (χ1n) is 4.87. The summed E-state index contributed by atoms with van der Waals surface area (Å²) in [4.78, 5) is 11.4. The Balaban J connectivity index is 3.16. The zero-order valence-corrected chi connectivity index (χ0v) is 9.25. The van der Waals surface area contributed by atoms with Crippen LogP contribution in [0.1, 0.15) is 32.3 Å². The SMILES string of the molecule is CC(C)(C)C(C(N)=O)c1cccc(F)c1. The van der Waals surface area contributed by atoms with Gasteiger partial charge in [0.1, 0.15) is 5.82 Å². The first kappa shape index (κ1) is 11.7. The molecule has 1 atom stereocenters. The number of benzene rings is 1. The van der Waals surface area contributed by atoms with Crippen LogP contribution >= 0.6 is 0 Å². The molecule has 0 aliphatic heterocycles. The lowest BCUT2D eigenvalue weighted by atomic mass is 9.76. The minimum Gasteiger partial charge on any atom is -0.369 e. The fourth-order valence-electron chi connectivity index (χ4n) is 1.78. The maximum absolute atomic E-state index is 13.0. The Morgan fingerprint density at radius 2 is 2.00 bits per heavy atom. The monoisotopic (exact) mass is 209 g/mol. The summed E-state index contributed by atoms with van der Waals surface area (Å²) in [5.41, 5.74) is 5.67. The molecule has 2 N–H and O–H groups in total. The fourth-order valence-corrected chi connectivity index (χ4v) is 1.78. The average molecular weight is 209 g/mol. The second kappa shape index (κ2) is 4.01. The zero-order chi connectivity index (χ0) is 11.6. The van der Waals surface area contributed by atoms with Crippen LogP contribution in [0.4, 0.5) is 4.39 Å². The van der Waals surface area contributed by atoms with Crippen LogP contribution in [0.2, 0.25) is 0 Å². The number of nitrogens with two attached hydrogens (primary N) is 1. The van der Waals surface area contributed by atoms with E-state index in [9.17, 15) is 9.18 Å². The van der Waals surface area contributed by atoms with Gasteiger partial charge < -0.3 is 5.73 Å². The van der Waals surface area contributed by atoms with Gasteiger partial charge >= 0.3 is 0 Å². The van der Waals surface area contributed by atoms with E-state index in [1.54, 1.807) is 12.1 Å². The standard InChI is InChI=1S/C12H16FNO/c1-12(2,3)10(11(14)15)8-5-4-6-9(13)7-8/h4-7,10H,1-3H3,(H2,14,15). The second-order valence-corrected chi connectivity index (χ2v) is 4.76. The number of hydrogen-bond acceptors (Lipinski definition) is 1. The van der Waals surface area contributed by atoms with Gasteiger partial charge in [-0.1, -0.05) is 32.9 Å². The van der Waals surface area contributed by atoms with E-state index < -0.39 is 11.8 Å². The van der Waals surface area contributed by atoms with E-state index in [1.807, 2.05) is 20.8 Å². The van der Waals surface area contributed by atoms with Crippen molar-refractivity contribution in [3.8, 4) is 0 Å². The molecule has 82 valence electrons. The first-order valence-corrected chi connectivity index (χ1v) is 4.87. The van der Waals surface area contributed by atoms with Crippen molar-refractivity contribution >= 4 is 5.91 Å². The van der Waals surface area contributed by atoms with Crippen LogP contribution in [0.15, 0.2) is 24.3 Å². The Morgan fingerprint density at radius 3 is 2.40 bits per heavy atom. The van der Waals surface area contributed by atoms with Crippen molar-refractivity contribution in [1.82, 2.24) is 0 Å². The van der Waals surface area contributed by atoms with E-state index in [4.69, 9.17) is 5.73 Å². The molecule has 3 heteroatoms. The van der Waals surface area contributed by atoms with Crippen LogP contribution in [0.25, 0.3) is 0 Å². The summed E-state index contributed by atoms with van der Waals surface area (Å²) in [6.45, 7) is 5.73. The average Bonchev–Trinajstić information content (AvgIpc) is 1.99. The first-order chi connectivity index (χ1) is 6.82. The molecule has 1 aromatic rings. The lowest BCUT2D eigenvalue weighted by Gasteiger charge is -2.28. The lowest BCUT2D eigenvalue weighted by Crippen LogP contribution is -2.31. The molecular weight excluding hydrogens is 193 g/mol. The van der Waals surface area contributed by atoms with Crippen molar-refractivity contribution in [3.63, 3.8) is 0 Å². The molecule has 1 aromatic carbocycles. The summed E-state index contributed by atoms with van der Waals surface area (Å²) >= 11 is 0. The van der Waals surface area contributed by atoms with E-state index in [-0.39, 0.29) is 11.2 Å². The Hall–Kier alpha value is -1.38. The molecule has 2 nitrogen and oxygen atoms in total. The third-order valence-corrected chi connectivity index (χ3v) is 2.33. The van der Waals surface area contributed by atoms with E-state index in [2.05, 4.69) is 0 Å². The van der Waals surface area contributed by atoms with Gasteiger partial charge in [-0.15, -0.1) is 0 Å². The minimum atomic E-state index is -0.465. The van der Waals surface area contributed by atoms with Crippen LogP contribution in [-0.2, 0) is 4.79 Å². The fraction of sp³-hybridized carbons (Fsp3) is 0.417. The number of halogens is 1. The molecule has 0 fully saturated rings. The Labute approximate surface area is 89.3 Å². The molecular formula is C12H16FNO. The highest BCUT2D eigenvalue weighted by Crippen LogP contribution is 2.34. The third kappa shape index (κ3) is 2.78. The van der Waals surface area contributed by atoms with Crippen LogP contribution < -0.4 is 5.73 Å². The minimum absolute atomic E-state index is 0.306. The van der Waals surface area contributed by atoms with Gasteiger partial charge in [-0.2, -0.15) is 0 Å². The number of carbonyl (C=O) groups is 1. The number of hydrogen-bond donors (Lipinski definition) is 1. The topological polar surface area (TPSA) is 43.1 Å². The molecule has 0 aliphatic carbocycles. The normalized spacial score (nSPS) is 13.6. The molecule has 0 saturated carbocycles. The molecule has 0 aliphatic rings. The molecule has 1 unspecified atom stereocenters. The number of primary amides is 1. The smallest absolute Gasteiger partial charge is 0.225 e. The summed E-state index contributed by atoms with van der Waals surface area (Å²) in [5.74, 6) is -1.23. The van der Waals surface area contributed by atoms with Gasteiger partial charge in [-0.3, -0.25) is 4.79 Å². The van der Waals surface area contributed by atoms with Crippen molar-refractivity contribution in [2.75, 3.05) is 0 Å². The predicted octanol–water partition coefficient (Wildman–Crippen LogP) is 2.44. The van der Waals surface area contributed by atoms with Gasteiger partial charge in [0.15, 0.2) is 0 Å². The van der Waals surface area contributed by atoms with Crippen molar-refractivity contribution in [2.45, 2.75) is 26.7 Å². The summed E-state index contributed by atoms with van der Waals surface area (Å²) in [6.07, 6.45) is 0. The predicted molar refractivity (Wildman–Crippen MR) is 57.8 cm³/mol. The Morgan fingerprint density at radius 1 is 1.40 bits per heavy atom. The van der Waals surface area contributed by atoms with Gasteiger partial charge in [0, 0.05) is 0 Å². The summed E-state index contributed by atoms with van der Waals surface area (Å²) in [5, 5.41) is 0. The maximum atomic E-state index is 13.0. The highest BCUT2D eigenvalue weighted by Gasteiger charge is 2.31. The van der Waals surface area contributed by atoms with Crippen LogP contribution in [-0.4, -0.2) is 5.91 Å². The van der Waals surface area contributed by atoms with Crippen molar-refractivity contribution < 1.29 is 9.18 Å². The van der Waals surface area contributed by atoms with Gasteiger partial charge in [0.05, 0.1) is 5.92 Å². The van der Waals surface area contributed by atoms with E-state index in [0.29, 0.717) is 5.56 Å². The summed E-state index contributed by atoms with van der Waals surface area (Å²) in [6, 6.07) is 6.03. The molecule has 0 aromatic heterocycles. The molecule has 0 saturated heterocycles.